The van der Waals surface area contributed by atoms with Gasteiger partial charge >= 0.3 is 0 Å². The van der Waals surface area contributed by atoms with Crippen LogP contribution in [0.2, 0.25) is 0 Å². The molecule has 1 N–H and O–H groups in total. The number of fused-ring (bicyclic) bond motifs is 1. The molecule has 3 aromatic carbocycles. The number of nitrogens with one attached hydrogen (secondary N) is 1. The summed E-state index contributed by atoms with van der Waals surface area (Å²) in [4.78, 5) is 12.0. The molecule has 0 aliphatic heterocycles. The summed E-state index contributed by atoms with van der Waals surface area (Å²) in [7, 11) is 0. The maximum Gasteiger partial charge on any atom is 0.255 e. The van der Waals surface area contributed by atoms with E-state index in [1.54, 1.807) is 6.07 Å². The second kappa shape index (κ2) is 5.32. The first-order chi connectivity index (χ1) is 10.1. The lowest BCUT2D eigenvalue weighted by Crippen LogP contribution is -2.12. The predicted octanol–water partition coefficient (Wildman–Crippen LogP) is 4.37. The Labute approximate surface area is 120 Å². The largest absolute Gasteiger partial charge is 0.322 e. The summed E-state index contributed by atoms with van der Waals surface area (Å²) in [6, 6.07) is 16.3. The van der Waals surface area contributed by atoms with Gasteiger partial charge in [-0.05, 0) is 41.1 Å². The minimum Gasteiger partial charge on any atom is -0.322 e. The molecule has 0 heterocycles. The molecule has 0 unspecified atom stereocenters. The third-order valence-corrected chi connectivity index (χ3v) is 3.19. The van der Waals surface area contributed by atoms with Gasteiger partial charge in [-0.15, -0.1) is 0 Å². The van der Waals surface area contributed by atoms with Crippen LogP contribution in [0.25, 0.3) is 10.8 Å². The van der Waals surface area contributed by atoms with Crippen LogP contribution in [0, 0.1) is 11.6 Å². The first kappa shape index (κ1) is 13.2. The van der Waals surface area contributed by atoms with Gasteiger partial charge in [0.2, 0.25) is 0 Å². The first-order valence-corrected chi connectivity index (χ1v) is 6.39. The number of carbonyl (C=O) groups excluding carboxylic acids is 1. The normalized spacial score (nSPS) is 10.6. The Bertz CT molecular complexity index is 830. The van der Waals surface area contributed by atoms with Crippen molar-refractivity contribution in [2.24, 2.45) is 0 Å². The Morgan fingerprint density at radius 2 is 1.57 bits per heavy atom. The summed E-state index contributed by atoms with van der Waals surface area (Å²) in [6.07, 6.45) is 0. The molecule has 0 aliphatic carbocycles. The fraction of sp³-hybridized carbons (Fsp3) is 0. The number of hydrogen-bond donors (Lipinski definition) is 1. The van der Waals surface area contributed by atoms with Crippen molar-refractivity contribution in [3.8, 4) is 0 Å². The Morgan fingerprint density at radius 1 is 0.810 bits per heavy atom. The summed E-state index contributed by atoms with van der Waals surface area (Å²) in [5.74, 6) is -2.50. The first-order valence-electron chi connectivity index (χ1n) is 6.39. The van der Waals surface area contributed by atoms with E-state index in [0.717, 1.165) is 22.9 Å². The lowest BCUT2D eigenvalue weighted by molar-refractivity contribution is 0.102. The van der Waals surface area contributed by atoms with Gasteiger partial charge in [0.1, 0.15) is 0 Å². The molecule has 0 aromatic heterocycles. The van der Waals surface area contributed by atoms with Gasteiger partial charge in [0.25, 0.3) is 5.91 Å². The van der Waals surface area contributed by atoms with Crippen molar-refractivity contribution in [1.82, 2.24) is 0 Å². The van der Waals surface area contributed by atoms with Gasteiger partial charge in [-0.2, -0.15) is 0 Å². The molecular weight excluding hydrogens is 272 g/mol. The van der Waals surface area contributed by atoms with Gasteiger partial charge in [0.15, 0.2) is 11.6 Å². The summed E-state index contributed by atoms with van der Waals surface area (Å²) >= 11 is 0. The van der Waals surface area contributed by atoms with Crippen molar-refractivity contribution in [3.05, 3.63) is 77.9 Å². The fourth-order valence-corrected chi connectivity index (χ4v) is 2.11. The van der Waals surface area contributed by atoms with E-state index >= 15 is 0 Å². The molecule has 104 valence electrons. The molecule has 0 spiro atoms. The minimum atomic E-state index is -1.04. The van der Waals surface area contributed by atoms with E-state index in [4.69, 9.17) is 0 Å². The van der Waals surface area contributed by atoms with E-state index in [9.17, 15) is 13.6 Å². The second-order valence-corrected chi connectivity index (χ2v) is 4.64. The Balaban J connectivity index is 1.87. The zero-order chi connectivity index (χ0) is 14.8. The number of carbonyl (C=O) groups is 1. The zero-order valence-electron chi connectivity index (χ0n) is 10.9. The van der Waals surface area contributed by atoms with Gasteiger partial charge in [-0.1, -0.05) is 30.3 Å². The monoisotopic (exact) mass is 283 g/mol. The van der Waals surface area contributed by atoms with Gasteiger partial charge < -0.3 is 5.32 Å². The molecule has 4 heteroatoms. The molecule has 0 saturated carbocycles. The number of rotatable bonds is 2. The molecule has 0 fully saturated rings. The van der Waals surface area contributed by atoms with E-state index < -0.39 is 17.5 Å². The molecule has 2 nitrogen and oxygen atoms in total. The van der Waals surface area contributed by atoms with E-state index in [-0.39, 0.29) is 5.56 Å². The molecule has 1 amide bonds. The molecule has 0 radical (unpaired) electrons. The Kier molecular flexibility index (Phi) is 3.36. The lowest BCUT2D eigenvalue weighted by Gasteiger charge is -2.07. The van der Waals surface area contributed by atoms with Crippen LogP contribution in [-0.2, 0) is 0 Å². The maximum atomic E-state index is 13.1. The summed E-state index contributed by atoms with van der Waals surface area (Å²) in [5, 5.41) is 4.71. The van der Waals surface area contributed by atoms with Crippen molar-refractivity contribution in [3.63, 3.8) is 0 Å². The number of anilines is 1. The smallest absolute Gasteiger partial charge is 0.255 e. The van der Waals surface area contributed by atoms with Crippen molar-refractivity contribution >= 4 is 22.4 Å². The van der Waals surface area contributed by atoms with Crippen molar-refractivity contribution in [2.75, 3.05) is 5.32 Å². The molecule has 21 heavy (non-hydrogen) atoms. The maximum absolute atomic E-state index is 13.1. The highest BCUT2D eigenvalue weighted by atomic mass is 19.2. The fourth-order valence-electron chi connectivity index (χ4n) is 2.11. The lowest BCUT2D eigenvalue weighted by atomic mass is 10.1. The van der Waals surface area contributed by atoms with Crippen LogP contribution < -0.4 is 5.32 Å². The van der Waals surface area contributed by atoms with Gasteiger partial charge in [0, 0.05) is 11.3 Å². The van der Waals surface area contributed by atoms with Crippen LogP contribution in [0.4, 0.5) is 14.5 Å². The molecule has 0 bridgehead atoms. The molecular formula is C17H11F2NO. The number of halogens is 2. The van der Waals surface area contributed by atoms with Crippen LogP contribution in [-0.4, -0.2) is 5.91 Å². The van der Waals surface area contributed by atoms with Gasteiger partial charge in [-0.25, -0.2) is 8.78 Å². The highest BCUT2D eigenvalue weighted by Crippen LogP contribution is 2.19. The van der Waals surface area contributed by atoms with Crippen LogP contribution in [0.5, 0.6) is 0 Å². The molecule has 3 aromatic rings. The van der Waals surface area contributed by atoms with Crippen molar-refractivity contribution in [2.45, 2.75) is 0 Å². The highest BCUT2D eigenvalue weighted by Gasteiger charge is 2.10. The minimum absolute atomic E-state index is 0.0714. The quantitative estimate of drug-likeness (QED) is 0.743. The van der Waals surface area contributed by atoms with E-state index in [1.807, 2.05) is 36.4 Å². The third-order valence-electron chi connectivity index (χ3n) is 3.19. The molecule has 0 atom stereocenters. The van der Waals surface area contributed by atoms with Crippen molar-refractivity contribution < 1.29 is 13.6 Å². The standard InChI is InChI=1S/C17H11F2NO/c18-15-8-6-13(10-16(15)19)17(21)20-14-7-5-11-3-1-2-4-12(11)9-14/h1-10H,(H,20,21). The van der Waals surface area contributed by atoms with E-state index in [2.05, 4.69) is 5.32 Å². The highest BCUT2D eigenvalue weighted by molar-refractivity contribution is 6.05. The van der Waals surface area contributed by atoms with Crippen LogP contribution in [0.3, 0.4) is 0 Å². The average molecular weight is 283 g/mol. The Hall–Kier alpha value is -2.75. The summed E-state index contributed by atoms with van der Waals surface area (Å²) in [5.41, 5.74) is 0.672. The number of amides is 1. The van der Waals surface area contributed by atoms with Crippen LogP contribution >= 0.6 is 0 Å². The molecule has 3 rings (SSSR count). The topological polar surface area (TPSA) is 29.1 Å². The summed E-state index contributed by atoms with van der Waals surface area (Å²) < 4.78 is 26.0. The van der Waals surface area contributed by atoms with Crippen LogP contribution in [0.15, 0.2) is 60.7 Å². The third kappa shape index (κ3) is 2.74. The number of benzene rings is 3. The predicted molar refractivity (Wildman–Crippen MR) is 78.3 cm³/mol. The van der Waals surface area contributed by atoms with Gasteiger partial charge in [0.05, 0.1) is 0 Å². The van der Waals surface area contributed by atoms with E-state index in [1.165, 1.54) is 6.07 Å². The van der Waals surface area contributed by atoms with Crippen LogP contribution in [0.1, 0.15) is 10.4 Å². The zero-order valence-corrected chi connectivity index (χ0v) is 10.9. The Morgan fingerprint density at radius 3 is 2.33 bits per heavy atom. The van der Waals surface area contributed by atoms with Gasteiger partial charge in [-0.3, -0.25) is 4.79 Å². The molecule has 0 aliphatic rings. The SMILES string of the molecule is O=C(Nc1ccc2ccccc2c1)c1ccc(F)c(F)c1. The number of hydrogen-bond acceptors (Lipinski definition) is 1. The average Bonchev–Trinajstić information content (AvgIpc) is 2.50. The summed E-state index contributed by atoms with van der Waals surface area (Å²) in [6.45, 7) is 0. The molecule has 0 saturated heterocycles. The second-order valence-electron chi connectivity index (χ2n) is 4.64. The van der Waals surface area contributed by atoms with Crippen molar-refractivity contribution in [1.29, 1.82) is 0 Å². The van der Waals surface area contributed by atoms with E-state index in [0.29, 0.717) is 5.69 Å².